The third-order valence-corrected chi connectivity index (χ3v) is 4.80. The Labute approximate surface area is 146 Å². The van der Waals surface area contributed by atoms with Crippen LogP contribution in [0.2, 0.25) is 0 Å². The number of rotatable bonds is 3. The highest BCUT2D eigenvalue weighted by Gasteiger charge is 2.28. The Morgan fingerprint density at radius 3 is 2.64 bits per heavy atom. The highest BCUT2D eigenvalue weighted by Crippen LogP contribution is 2.28. The second kappa shape index (κ2) is 6.55. The van der Waals surface area contributed by atoms with Crippen LogP contribution in [0, 0.1) is 0 Å². The van der Waals surface area contributed by atoms with Crippen molar-refractivity contribution in [3.8, 4) is 11.3 Å². The molecule has 0 unspecified atom stereocenters. The molecule has 3 heterocycles. The normalized spacial score (nSPS) is 15.5. The minimum Gasteiger partial charge on any atom is -0.350 e. The van der Waals surface area contributed by atoms with Gasteiger partial charge in [0.05, 0.1) is 0 Å². The Kier molecular flexibility index (Phi) is 4.09. The molecule has 128 valence electrons. The van der Waals surface area contributed by atoms with Crippen molar-refractivity contribution < 1.29 is 9.32 Å². The maximum Gasteiger partial charge on any atom is 0.292 e. The highest BCUT2D eigenvalue weighted by molar-refractivity contribution is 5.92. The predicted molar refractivity (Wildman–Crippen MR) is 93.0 cm³/mol. The van der Waals surface area contributed by atoms with E-state index in [1.807, 2.05) is 54.7 Å². The fourth-order valence-electron chi connectivity index (χ4n) is 3.39. The lowest BCUT2D eigenvalue weighted by Crippen LogP contribution is -2.38. The Morgan fingerprint density at radius 2 is 1.96 bits per heavy atom. The maximum absolute atomic E-state index is 12.7. The first-order chi connectivity index (χ1) is 12.2. The molecule has 2 aromatic heterocycles. The summed E-state index contributed by atoms with van der Waals surface area (Å²) in [6, 6.07) is 11.4. The monoisotopic (exact) mass is 336 g/mol. The fourth-order valence-corrected chi connectivity index (χ4v) is 3.39. The van der Waals surface area contributed by atoms with E-state index in [0.29, 0.717) is 30.5 Å². The van der Waals surface area contributed by atoms with Gasteiger partial charge < -0.3 is 14.0 Å². The minimum absolute atomic E-state index is 0.0898. The number of aryl methyl sites for hydroxylation is 1. The zero-order valence-electron chi connectivity index (χ0n) is 14.1. The van der Waals surface area contributed by atoms with Gasteiger partial charge in [0.25, 0.3) is 5.91 Å². The lowest BCUT2D eigenvalue weighted by atomic mass is 9.95. The molecular formula is C19H20N4O2. The zero-order chi connectivity index (χ0) is 17.2. The molecular weight excluding hydrogens is 316 g/mol. The van der Waals surface area contributed by atoms with Crippen molar-refractivity contribution >= 4 is 5.91 Å². The van der Waals surface area contributed by atoms with E-state index in [0.717, 1.165) is 24.2 Å². The molecule has 1 amide bonds. The van der Waals surface area contributed by atoms with Gasteiger partial charge in [0, 0.05) is 50.1 Å². The predicted octanol–water partition coefficient (Wildman–Crippen LogP) is 3.09. The van der Waals surface area contributed by atoms with Gasteiger partial charge in [-0.05, 0) is 12.8 Å². The van der Waals surface area contributed by atoms with Gasteiger partial charge in [0.1, 0.15) is 11.5 Å². The van der Waals surface area contributed by atoms with E-state index in [1.54, 1.807) is 6.07 Å². The molecule has 1 aliphatic rings. The number of hydrogen-bond acceptors (Lipinski definition) is 4. The lowest BCUT2D eigenvalue weighted by Gasteiger charge is -2.30. The summed E-state index contributed by atoms with van der Waals surface area (Å²) >= 11 is 0. The van der Waals surface area contributed by atoms with Crippen molar-refractivity contribution in [1.29, 1.82) is 0 Å². The van der Waals surface area contributed by atoms with Gasteiger partial charge in [0.15, 0.2) is 0 Å². The van der Waals surface area contributed by atoms with Gasteiger partial charge >= 0.3 is 0 Å². The molecule has 1 aromatic carbocycles. The van der Waals surface area contributed by atoms with Gasteiger partial charge in [-0.1, -0.05) is 35.5 Å². The molecule has 0 aliphatic carbocycles. The summed E-state index contributed by atoms with van der Waals surface area (Å²) < 4.78 is 7.35. The average molecular weight is 336 g/mol. The summed E-state index contributed by atoms with van der Waals surface area (Å²) in [5.74, 6) is 1.71. The van der Waals surface area contributed by atoms with E-state index in [2.05, 4.69) is 14.7 Å². The summed E-state index contributed by atoms with van der Waals surface area (Å²) in [5.41, 5.74) is 1.63. The van der Waals surface area contributed by atoms with Crippen LogP contribution < -0.4 is 0 Å². The topological polar surface area (TPSA) is 64.2 Å². The molecule has 1 fully saturated rings. The second-order valence-corrected chi connectivity index (χ2v) is 6.41. The third-order valence-electron chi connectivity index (χ3n) is 4.80. The van der Waals surface area contributed by atoms with E-state index in [4.69, 9.17) is 4.52 Å². The molecule has 25 heavy (non-hydrogen) atoms. The standard InChI is InChI=1S/C19H20N4O2/c1-22-12-9-20-18(22)15-7-10-23(11-8-15)19(24)17-13-16(21-25-17)14-5-3-2-4-6-14/h2-6,9,12-13,15H,7-8,10-11H2,1H3. The van der Waals surface area contributed by atoms with Gasteiger partial charge in [-0.25, -0.2) is 4.98 Å². The molecule has 6 nitrogen and oxygen atoms in total. The number of imidazole rings is 1. The first-order valence-electron chi connectivity index (χ1n) is 8.51. The maximum atomic E-state index is 12.7. The number of hydrogen-bond donors (Lipinski definition) is 0. The van der Waals surface area contributed by atoms with Gasteiger partial charge in [0.2, 0.25) is 5.76 Å². The Hall–Kier alpha value is -2.89. The molecule has 0 bridgehead atoms. The first kappa shape index (κ1) is 15.6. The minimum atomic E-state index is -0.0898. The van der Waals surface area contributed by atoms with E-state index in [-0.39, 0.29) is 5.91 Å². The highest BCUT2D eigenvalue weighted by atomic mass is 16.5. The third kappa shape index (κ3) is 3.07. The van der Waals surface area contributed by atoms with Crippen LogP contribution in [-0.4, -0.2) is 38.6 Å². The van der Waals surface area contributed by atoms with Crippen molar-refractivity contribution in [1.82, 2.24) is 19.6 Å². The van der Waals surface area contributed by atoms with Crippen LogP contribution in [0.25, 0.3) is 11.3 Å². The number of piperidine rings is 1. The van der Waals surface area contributed by atoms with Crippen LogP contribution in [0.5, 0.6) is 0 Å². The van der Waals surface area contributed by atoms with Crippen molar-refractivity contribution in [3.05, 3.63) is 60.4 Å². The average Bonchev–Trinajstić information content (AvgIpc) is 3.31. The molecule has 1 saturated heterocycles. The van der Waals surface area contributed by atoms with Crippen LogP contribution in [0.15, 0.2) is 53.3 Å². The quantitative estimate of drug-likeness (QED) is 0.737. The largest absolute Gasteiger partial charge is 0.350 e. The van der Waals surface area contributed by atoms with Crippen LogP contribution in [0.1, 0.15) is 35.1 Å². The molecule has 3 aromatic rings. The first-order valence-corrected chi connectivity index (χ1v) is 8.51. The fraction of sp³-hybridized carbons (Fsp3) is 0.316. The number of nitrogens with zero attached hydrogens (tertiary/aromatic N) is 4. The number of likely N-dealkylation sites (tertiary alicyclic amines) is 1. The molecule has 0 saturated carbocycles. The number of aromatic nitrogens is 3. The van der Waals surface area contributed by atoms with E-state index >= 15 is 0 Å². The lowest BCUT2D eigenvalue weighted by molar-refractivity contribution is 0.0668. The van der Waals surface area contributed by atoms with Crippen molar-refractivity contribution in [2.24, 2.45) is 7.05 Å². The molecule has 0 spiro atoms. The zero-order valence-corrected chi connectivity index (χ0v) is 14.1. The van der Waals surface area contributed by atoms with Crippen LogP contribution in [0.4, 0.5) is 0 Å². The van der Waals surface area contributed by atoms with E-state index < -0.39 is 0 Å². The smallest absolute Gasteiger partial charge is 0.292 e. The number of benzene rings is 1. The molecule has 6 heteroatoms. The molecule has 0 N–H and O–H groups in total. The Morgan fingerprint density at radius 1 is 1.20 bits per heavy atom. The van der Waals surface area contributed by atoms with Gasteiger partial charge in [-0.3, -0.25) is 4.79 Å². The van der Waals surface area contributed by atoms with E-state index in [9.17, 15) is 4.79 Å². The van der Waals surface area contributed by atoms with Crippen molar-refractivity contribution in [2.75, 3.05) is 13.1 Å². The summed E-state index contributed by atoms with van der Waals surface area (Å²) in [4.78, 5) is 19.0. The van der Waals surface area contributed by atoms with Crippen LogP contribution in [0.3, 0.4) is 0 Å². The summed E-state index contributed by atoms with van der Waals surface area (Å²) in [6.45, 7) is 1.41. The van der Waals surface area contributed by atoms with Crippen molar-refractivity contribution in [2.45, 2.75) is 18.8 Å². The number of carbonyl (C=O) groups excluding carboxylic acids is 1. The van der Waals surface area contributed by atoms with E-state index in [1.165, 1.54) is 0 Å². The second-order valence-electron chi connectivity index (χ2n) is 6.41. The SMILES string of the molecule is Cn1ccnc1C1CCN(C(=O)c2cc(-c3ccccc3)no2)CC1. The number of amides is 1. The molecule has 4 rings (SSSR count). The molecule has 0 atom stereocenters. The van der Waals surface area contributed by atoms with Crippen LogP contribution >= 0.6 is 0 Å². The summed E-state index contributed by atoms with van der Waals surface area (Å²) in [7, 11) is 2.01. The van der Waals surface area contributed by atoms with Crippen molar-refractivity contribution in [3.63, 3.8) is 0 Å². The van der Waals surface area contributed by atoms with Gasteiger partial charge in [-0.15, -0.1) is 0 Å². The summed E-state index contributed by atoms with van der Waals surface area (Å²) in [6.07, 6.45) is 5.62. The number of carbonyl (C=O) groups is 1. The molecule has 1 aliphatic heterocycles. The molecule has 0 radical (unpaired) electrons. The Bertz CT molecular complexity index is 860. The van der Waals surface area contributed by atoms with Gasteiger partial charge in [-0.2, -0.15) is 0 Å². The Balaban J connectivity index is 1.43. The summed E-state index contributed by atoms with van der Waals surface area (Å²) in [5, 5.41) is 4.03. The van der Waals surface area contributed by atoms with Crippen LogP contribution in [-0.2, 0) is 7.05 Å².